The molecule has 0 saturated carbocycles. The van der Waals surface area contributed by atoms with Gasteiger partial charge >= 0.3 is 0 Å². The molecule has 3 rings (SSSR count). The van der Waals surface area contributed by atoms with Gasteiger partial charge in [-0.2, -0.15) is 5.10 Å². The standard InChI is InChI=1S/C20H24ClN3O2S/c1-13(2)17-12-18-16(21)10-11-19(24(18)22-17)23-27(25,26)15-8-6-14(7-9-15)20(3,4)5/h6-13,23H,1-5H3. The highest BCUT2D eigenvalue weighted by Gasteiger charge is 2.20. The van der Waals surface area contributed by atoms with Crippen LogP contribution in [-0.2, 0) is 15.4 Å². The van der Waals surface area contributed by atoms with Crippen molar-refractivity contribution in [3.8, 4) is 0 Å². The molecule has 0 spiro atoms. The first-order chi connectivity index (χ1) is 12.5. The molecule has 3 aromatic rings. The number of sulfonamides is 1. The number of nitrogens with one attached hydrogen (secondary N) is 1. The molecular formula is C20H24ClN3O2S. The van der Waals surface area contributed by atoms with Gasteiger partial charge in [-0.3, -0.25) is 4.72 Å². The van der Waals surface area contributed by atoms with Crippen molar-refractivity contribution in [3.63, 3.8) is 0 Å². The van der Waals surface area contributed by atoms with Crippen molar-refractivity contribution < 1.29 is 8.42 Å². The monoisotopic (exact) mass is 405 g/mol. The van der Waals surface area contributed by atoms with Crippen molar-refractivity contribution in [1.29, 1.82) is 0 Å². The van der Waals surface area contributed by atoms with Gasteiger partial charge in [-0.1, -0.05) is 58.4 Å². The Morgan fingerprint density at radius 2 is 1.70 bits per heavy atom. The average Bonchev–Trinajstić information content (AvgIpc) is 3.03. The van der Waals surface area contributed by atoms with Crippen molar-refractivity contribution >= 4 is 33.0 Å². The first-order valence-electron chi connectivity index (χ1n) is 8.80. The van der Waals surface area contributed by atoms with Crippen LogP contribution in [0.4, 0.5) is 5.82 Å². The molecule has 0 aliphatic heterocycles. The van der Waals surface area contributed by atoms with Crippen LogP contribution < -0.4 is 4.72 Å². The third kappa shape index (κ3) is 3.96. The van der Waals surface area contributed by atoms with Gasteiger partial charge in [0.2, 0.25) is 0 Å². The summed E-state index contributed by atoms with van der Waals surface area (Å²) in [6.07, 6.45) is 0. The fourth-order valence-electron chi connectivity index (χ4n) is 2.75. The normalized spacial score (nSPS) is 12.7. The Bertz CT molecular complexity index is 1080. The van der Waals surface area contributed by atoms with E-state index in [0.717, 1.165) is 11.3 Å². The van der Waals surface area contributed by atoms with Crippen LogP contribution in [0, 0.1) is 0 Å². The molecule has 7 heteroatoms. The predicted molar refractivity (Wildman–Crippen MR) is 110 cm³/mol. The summed E-state index contributed by atoms with van der Waals surface area (Å²) in [6.45, 7) is 10.3. The molecule has 0 bridgehead atoms. The van der Waals surface area contributed by atoms with Crippen LogP contribution in [0.15, 0.2) is 47.4 Å². The summed E-state index contributed by atoms with van der Waals surface area (Å²) < 4.78 is 29.9. The number of benzene rings is 1. The Balaban J connectivity index is 2.00. The van der Waals surface area contributed by atoms with Gasteiger partial charge in [0.25, 0.3) is 10.0 Å². The Hall–Kier alpha value is -2.05. The van der Waals surface area contributed by atoms with E-state index < -0.39 is 10.0 Å². The lowest BCUT2D eigenvalue weighted by atomic mass is 9.87. The first kappa shape index (κ1) is 19.7. The highest BCUT2D eigenvalue weighted by Crippen LogP contribution is 2.27. The van der Waals surface area contributed by atoms with Gasteiger partial charge in [0.05, 0.1) is 21.1 Å². The zero-order valence-electron chi connectivity index (χ0n) is 16.1. The van der Waals surface area contributed by atoms with Crippen LogP contribution >= 0.6 is 11.6 Å². The lowest BCUT2D eigenvalue weighted by molar-refractivity contribution is 0.587. The summed E-state index contributed by atoms with van der Waals surface area (Å²) in [5.41, 5.74) is 2.55. The molecule has 0 fully saturated rings. The van der Waals surface area contributed by atoms with Crippen LogP contribution in [-0.4, -0.2) is 18.0 Å². The second-order valence-corrected chi connectivity index (χ2v) is 10.1. The maximum absolute atomic E-state index is 12.8. The third-order valence-corrected chi connectivity index (χ3v) is 6.14. The van der Waals surface area contributed by atoms with E-state index in [9.17, 15) is 8.42 Å². The number of halogens is 1. The number of nitrogens with zero attached hydrogens (tertiary/aromatic N) is 2. The average molecular weight is 406 g/mol. The molecule has 1 N–H and O–H groups in total. The van der Waals surface area contributed by atoms with E-state index in [2.05, 4.69) is 30.6 Å². The molecule has 0 unspecified atom stereocenters. The number of hydrogen-bond acceptors (Lipinski definition) is 3. The summed E-state index contributed by atoms with van der Waals surface area (Å²) in [5, 5.41) is 5.02. The van der Waals surface area contributed by atoms with Gasteiger partial charge in [-0.15, -0.1) is 0 Å². The van der Waals surface area contributed by atoms with Gasteiger partial charge in [-0.25, -0.2) is 12.9 Å². The lowest BCUT2D eigenvalue weighted by Gasteiger charge is -2.19. The molecule has 1 aromatic carbocycles. The smallest absolute Gasteiger partial charge is 0.263 e. The minimum Gasteiger partial charge on any atom is -0.263 e. The van der Waals surface area contributed by atoms with E-state index in [1.54, 1.807) is 28.8 Å². The summed E-state index contributed by atoms with van der Waals surface area (Å²) in [7, 11) is -3.74. The first-order valence-corrected chi connectivity index (χ1v) is 10.7. The number of fused-ring (bicyclic) bond motifs is 1. The van der Waals surface area contributed by atoms with Crippen molar-refractivity contribution in [1.82, 2.24) is 9.61 Å². The van der Waals surface area contributed by atoms with E-state index in [-0.39, 0.29) is 16.2 Å². The molecule has 0 atom stereocenters. The molecule has 2 heterocycles. The van der Waals surface area contributed by atoms with Gasteiger partial charge in [0, 0.05) is 0 Å². The zero-order chi connectivity index (χ0) is 20.0. The Kier molecular flexibility index (Phi) is 4.99. The molecule has 0 radical (unpaired) electrons. The van der Waals surface area contributed by atoms with Crippen LogP contribution in [0.3, 0.4) is 0 Å². The molecule has 5 nitrogen and oxygen atoms in total. The summed E-state index contributed by atoms with van der Waals surface area (Å²) >= 11 is 6.26. The lowest BCUT2D eigenvalue weighted by Crippen LogP contribution is -2.16. The summed E-state index contributed by atoms with van der Waals surface area (Å²) in [6, 6.07) is 12.1. The van der Waals surface area contributed by atoms with E-state index in [4.69, 9.17) is 11.6 Å². The number of hydrogen-bond donors (Lipinski definition) is 1. The van der Waals surface area contributed by atoms with Crippen LogP contribution in [0.1, 0.15) is 51.8 Å². The fourth-order valence-corrected chi connectivity index (χ4v) is 3.99. The number of aromatic nitrogens is 2. The van der Waals surface area contributed by atoms with Crippen molar-refractivity contribution in [2.75, 3.05) is 4.72 Å². The van der Waals surface area contributed by atoms with Crippen molar-refractivity contribution in [2.45, 2.75) is 50.8 Å². The fraction of sp³-hybridized carbons (Fsp3) is 0.350. The van der Waals surface area contributed by atoms with Crippen LogP contribution in [0.25, 0.3) is 5.52 Å². The third-order valence-electron chi connectivity index (χ3n) is 4.45. The Labute approximate surface area is 165 Å². The van der Waals surface area contributed by atoms with Gasteiger partial charge in [0.15, 0.2) is 0 Å². The van der Waals surface area contributed by atoms with E-state index in [0.29, 0.717) is 16.4 Å². The number of pyridine rings is 1. The second-order valence-electron chi connectivity index (χ2n) is 7.97. The topological polar surface area (TPSA) is 63.5 Å². The van der Waals surface area contributed by atoms with E-state index in [1.165, 1.54) is 0 Å². The molecule has 144 valence electrons. The molecule has 0 aliphatic rings. The number of anilines is 1. The zero-order valence-corrected chi connectivity index (χ0v) is 17.7. The highest BCUT2D eigenvalue weighted by molar-refractivity contribution is 7.92. The molecule has 27 heavy (non-hydrogen) atoms. The predicted octanol–water partition coefficient (Wildman–Crippen LogP) is 5.21. The van der Waals surface area contributed by atoms with Crippen LogP contribution in [0.5, 0.6) is 0 Å². The molecule has 0 saturated heterocycles. The Morgan fingerprint density at radius 3 is 2.26 bits per heavy atom. The van der Waals surface area contributed by atoms with Gasteiger partial charge in [0.1, 0.15) is 5.82 Å². The van der Waals surface area contributed by atoms with Crippen molar-refractivity contribution in [3.05, 3.63) is 58.7 Å². The minimum absolute atomic E-state index is 0.0413. The molecule has 2 aromatic heterocycles. The van der Waals surface area contributed by atoms with E-state index >= 15 is 0 Å². The minimum atomic E-state index is -3.74. The second kappa shape index (κ2) is 6.84. The SMILES string of the molecule is CC(C)c1cc2c(Cl)ccc(NS(=O)(=O)c3ccc(C(C)(C)C)cc3)n2n1. The number of rotatable bonds is 4. The largest absolute Gasteiger partial charge is 0.263 e. The maximum Gasteiger partial charge on any atom is 0.263 e. The highest BCUT2D eigenvalue weighted by atomic mass is 35.5. The van der Waals surface area contributed by atoms with Crippen molar-refractivity contribution in [2.24, 2.45) is 0 Å². The summed E-state index contributed by atoms with van der Waals surface area (Å²) in [4.78, 5) is 0.204. The maximum atomic E-state index is 12.8. The Morgan fingerprint density at radius 1 is 1.07 bits per heavy atom. The van der Waals surface area contributed by atoms with Gasteiger partial charge in [-0.05, 0) is 47.2 Å². The molecule has 0 aliphatic carbocycles. The summed E-state index contributed by atoms with van der Waals surface area (Å²) in [5.74, 6) is 0.552. The molecule has 0 amide bonds. The van der Waals surface area contributed by atoms with Crippen LogP contribution in [0.2, 0.25) is 5.02 Å². The quantitative estimate of drug-likeness (QED) is 0.648. The van der Waals surface area contributed by atoms with Gasteiger partial charge < -0.3 is 0 Å². The van der Waals surface area contributed by atoms with E-state index in [1.807, 2.05) is 32.0 Å². The molecular weight excluding hydrogens is 382 g/mol.